The van der Waals surface area contributed by atoms with Crippen LogP contribution in [-0.4, -0.2) is 26.5 Å². The number of anilines is 2. The second kappa shape index (κ2) is 8.84. The van der Waals surface area contributed by atoms with Crippen molar-refractivity contribution in [3.8, 4) is 22.9 Å². The van der Waals surface area contributed by atoms with Crippen LogP contribution in [0.3, 0.4) is 0 Å². The Bertz CT molecular complexity index is 1350. The minimum Gasteiger partial charge on any atom is -0.508 e. The molecule has 0 unspecified atom stereocenters. The number of amides is 2. The first-order chi connectivity index (χ1) is 16.1. The van der Waals surface area contributed by atoms with E-state index >= 15 is 0 Å². The summed E-state index contributed by atoms with van der Waals surface area (Å²) in [6.07, 6.45) is 2.15. The van der Waals surface area contributed by atoms with Gasteiger partial charge in [-0.3, -0.25) is 9.59 Å². The molecule has 0 fully saturated rings. The maximum absolute atomic E-state index is 12.7. The molecule has 2 amide bonds. The Morgan fingerprint density at radius 2 is 2.00 bits per heavy atom. The fourth-order valence-corrected chi connectivity index (χ4v) is 4.51. The van der Waals surface area contributed by atoms with Crippen molar-refractivity contribution in [1.82, 2.24) is 9.55 Å². The third kappa shape index (κ3) is 4.75. The lowest BCUT2D eigenvalue weighted by Crippen LogP contribution is -2.16. The van der Waals surface area contributed by atoms with Gasteiger partial charge in [0, 0.05) is 47.7 Å². The Morgan fingerprint density at radius 3 is 2.71 bits per heavy atom. The number of nitriles is 1. The zero-order chi connectivity index (χ0) is 24.6. The average Bonchev–Trinajstić information content (AvgIpc) is 3.24. The molecule has 0 aliphatic carbocycles. The van der Waals surface area contributed by atoms with Gasteiger partial charge in [0.1, 0.15) is 23.3 Å². The van der Waals surface area contributed by atoms with E-state index < -0.39 is 5.91 Å². The number of aromatic nitrogens is 2. The van der Waals surface area contributed by atoms with Crippen LogP contribution in [0, 0.1) is 16.7 Å². The monoisotopic (exact) mass is 477 g/mol. The molecule has 8 nitrogen and oxygen atoms in total. The van der Waals surface area contributed by atoms with E-state index in [9.17, 15) is 20.0 Å². The average molecular weight is 478 g/mol. The number of aromatic hydroxyl groups is 1. The summed E-state index contributed by atoms with van der Waals surface area (Å²) in [6, 6.07) is 10.3. The number of rotatable bonds is 5. The van der Waals surface area contributed by atoms with E-state index in [4.69, 9.17) is 11.6 Å². The zero-order valence-corrected chi connectivity index (χ0v) is 19.8. The van der Waals surface area contributed by atoms with Crippen LogP contribution >= 0.6 is 11.6 Å². The second-order valence-corrected chi connectivity index (χ2v) is 9.64. The molecule has 0 atom stereocenters. The minimum absolute atomic E-state index is 0.0290. The third-order valence-corrected chi connectivity index (χ3v) is 6.02. The van der Waals surface area contributed by atoms with Crippen molar-refractivity contribution >= 4 is 34.9 Å². The molecule has 4 rings (SSSR count). The first kappa shape index (κ1) is 23.3. The molecule has 0 spiro atoms. The highest BCUT2D eigenvalue weighted by Gasteiger charge is 2.33. The van der Waals surface area contributed by atoms with Crippen molar-refractivity contribution in [2.75, 3.05) is 10.6 Å². The molecule has 174 valence electrons. The lowest BCUT2D eigenvalue weighted by molar-refractivity contribution is -0.116. The Balaban J connectivity index is 1.59. The highest BCUT2D eigenvalue weighted by Crippen LogP contribution is 2.42. The third-order valence-electron chi connectivity index (χ3n) is 5.72. The lowest BCUT2D eigenvalue weighted by atomic mass is 9.89. The number of carbonyl (C=O) groups is 2. The van der Waals surface area contributed by atoms with E-state index in [2.05, 4.69) is 35.5 Å². The molecule has 1 aliphatic heterocycles. The van der Waals surface area contributed by atoms with Crippen molar-refractivity contribution in [3.63, 3.8) is 0 Å². The Labute approximate surface area is 202 Å². The fourth-order valence-electron chi connectivity index (χ4n) is 4.30. The van der Waals surface area contributed by atoms with Gasteiger partial charge in [0.15, 0.2) is 0 Å². The van der Waals surface area contributed by atoms with Crippen LogP contribution in [-0.2, 0) is 29.0 Å². The van der Waals surface area contributed by atoms with E-state index in [1.165, 1.54) is 19.2 Å². The van der Waals surface area contributed by atoms with E-state index in [-0.39, 0.29) is 23.5 Å². The molecule has 2 aromatic heterocycles. The zero-order valence-electron chi connectivity index (χ0n) is 19.1. The summed E-state index contributed by atoms with van der Waals surface area (Å²) in [5.74, 6) is -0.390. The Kier molecular flexibility index (Phi) is 6.07. The topological polar surface area (TPSA) is 120 Å². The van der Waals surface area contributed by atoms with E-state index in [0.717, 1.165) is 24.2 Å². The summed E-state index contributed by atoms with van der Waals surface area (Å²) in [5, 5.41) is 25.5. The maximum atomic E-state index is 12.7. The van der Waals surface area contributed by atoms with Crippen LogP contribution < -0.4 is 10.6 Å². The highest BCUT2D eigenvalue weighted by molar-refractivity contribution is 6.33. The molecule has 3 N–H and O–H groups in total. The number of pyridine rings is 1. The molecule has 34 heavy (non-hydrogen) atoms. The summed E-state index contributed by atoms with van der Waals surface area (Å²) in [4.78, 5) is 28.2. The summed E-state index contributed by atoms with van der Waals surface area (Å²) in [6.45, 7) is 6.44. The summed E-state index contributed by atoms with van der Waals surface area (Å²) in [7, 11) is 0. The number of hydrogen-bond acceptors (Lipinski definition) is 5. The van der Waals surface area contributed by atoms with Crippen LogP contribution in [0.25, 0.3) is 11.1 Å². The second-order valence-electron chi connectivity index (χ2n) is 9.23. The Hall–Kier alpha value is -3.83. The summed E-state index contributed by atoms with van der Waals surface area (Å²) >= 11 is 6.47. The molecule has 0 radical (unpaired) electrons. The summed E-state index contributed by atoms with van der Waals surface area (Å²) < 4.78 is 2.02. The van der Waals surface area contributed by atoms with Gasteiger partial charge < -0.3 is 20.3 Å². The SMILES string of the molecule is CC(=O)Nc1ccc(O)c(CC(=O)Nc2cc(-c3cc(C#N)n4c3CC(C)(C)C4)c(Cl)cn2)c1. The highest BCUT2D eigenvalue weighted by atomic mass is 35.5. The molecular formula is C25H24ClN5O3. The number of phenolic OH excluding ortho intramolecular Hbond substituents is 1. The van der Waals surface area contributed by atoms with Gasteiger partial charge in [0.2, 0.25) is 11.8 Å². The number of carbonyl (C=O) groups excluding carboxylic acids is 2. The maximum Gasteiger partial charge on any atom is 0.230 e. The predicted octanol–water partition coefficient (Wildman–Crippen LogP) is 4.50. The summed E-state index contributed by atoms with van der Waals surface area (Å²) in [5.41, 5.74) is 4.02. The van der Waals surface area contributed by atoms with Crippen LogP contribution in [0.4, 0.5) is 11.5 Å². The van der Waals surface area contributed by atoms with Crippen molar-refractivity contribution < 1.29 is 14.7 Å². The van der Waals surface area contributed by atoms with Gasteiger partial charge in [-0.25, -0.2) is 4.98 Å². The number of benzene rings is 1. The quantitative estimate of drug-likeness (QED) is 0.467. The fraction of sp³-hybridized carbons (Fsp3) is 0.280. The van der Waals surface area contributed by atoms with Gasteiger partial charge in [0.05, 0.1) is 11.4 Å². The van der Waals surface area contributed by atoms with Crippen molar-refractivity contribution in [2.45, 2.75) is 40.2 Å². The van der Waals surface area contributed by atoms with E-state index in [1.807, 2.05) is 10.6 Å². The molecule has 9 heteroatoms. The number of phenols is 1. The van der Waals surface area contributed by atoms with E-state index in [0.29, 0.717) is 33.3 Å². The number of halogens is 1. The van der Waals surface area contributed by atoms with Crippen LogP contribution in [0.2, 0.25) is 5.02 Å². The minimum atomic E-state index is -0.392. The molecular weight excluding hydrogens is 454 g/mol. The molecule has 0 saturated carbocycles. The Morgan fingerprint density at radius 1 is 1.24 bits per heavy atom. The van der Waals surface area contributed by atoms with Crippen LogP contribution in [0.1, 0.15) is 37.7 Å². The molecule has 3 heterocycles. The number of nitrogens with one attached hydrogen (secondary N) is 2. The van der Waals surface area contributed by atoms with Crippen LogP contribution in [0.15, 0.2) is 36.5 Å². The molecule has 0 bridgehead atoms. The van der Waals surface area contributed by atoms with E-state index in [1.54, 1.807) is 18.2 Å². The number of nitrogens with zero attached hydrogens (tertiary/aromatic N) is 3. The number of hydrogen-bond donors (Lipinski definition) is 3. The van der Waals surface area contributed by atoms with Crippen LogP contribution in [0.5, 0.6) is 5.75 Å². The predicted molar refractivity (Wildman–Crippen MR) is 130 cm³/mol. The van der Waals surface area contributed by atoms with Gasteiger partial charge in [-0.15, -0.1) is 0 Å². The largest absolute Gasteiger partial charge is 0.508 e. The molecule has 0 saturated heterocycles. The van der Waals surface area contributed by atoms with Gasteiger partial charge >= 0.3 is 0 Å². The van der Waals surface area contributed by atoms with Crippen molar-refractivity contribution in [2.24, 2.45) is 5.41 Å². The van der Waals surface area contributed by atoms with Gasteiger partial charge in [-0.05, 0) is 42.2 Å². The molecule has 1 aliphatic rings. The van der Waals surface area contributed by atoms with Gasteiger partial charge in [-0.2, -0.15) is 5.26 Å². The van der Waals surface area contributed by atoms with Crippen molar-refractivity contribution in [3.05, 3.63) is 58.5 Å². The molecule has 1 aromatic carbocycles. The standard InChI is InChI=1S/C25H24ClN5O3/c1-14(32)29-16-4-5-22(33)15(6-16)7-24(34)30-23-9-18(20(26)12-28-23)19-8-17(11-27)31-13-25(2,3)10-21(19)31/h4-6,8-9,12,33H,7,10,13H2,1-3H3,(H,29,32)(H,28,30,34). The molecule has 3 aromatic rings. The smallest absolute Gasteiger partial charge is 0.230 e. The van der Waals surface area contributed by atoms with Crippen molar-refractivity contribution in [1.29, 1.82) is 5.26 Å². The normalized spacial score (nSPS) is 13.7. The first-order valence-corrected chi connectivity index (χ1v) is 11.1. The lowest BCUT2D eigenvalue weighted by Gasteiger charge is -2.15. The first-order valence-electron chi connectivity index (χ1n) is 10.7. The van der Waals surface area contributed by atoms with Gasteiger partial charge in [-0.1, -0.05) is 25.4 Å². The number of fused-ring (bicyclic) bond motifs is 1. The van der Waals surface area contributed by atoms with Gasteiger partial charge in [0.25, 0.3) is 0 Å².